The van der Waals surface area contributed by atoms with Gasteiger partial charge in [-0.2, -0.15) is 0 Å². The van der Waals surface area contributed by atoms with Gasteiger partial charge in [-0.25, -0.2) is 4.79 Å². The SMILES string of the molecule is C=CCN(CCO)C(=O)NCCC1CCCCC1. The van der Waals surface area contributed by atoms with Crippen molar-refractivity contribution in [1.82, 2.24) is 10.2 Å². The number of carbonyl (C=O) groups is 1. The lowest BCUT2D eigenvalue weighted by atomic mass is 9.87. The lowest BCUT2D eigenvalue weighted by Gasteiger charge is -2.23. The van der Waals surface area contributed by atoms with E-state index in [2.05, 4.69) is 11.9 Å². The van der Waals surface area contributed by atoms with Crippen LogP contribution in [0.5, 0.6) is 0 Å². The van der Waals surface area contributed by atoms with Crippen LogP contribution in [0.4, 0.5) is 4.79 Å². The molecule has 0 aromatic carbocycles. The van der Waals surface area contributed by atoms with Gasteiger partial charge in [0.25, 0.3) is 0 Å². The van der Waals surface area contributed by atoms with Crippen molar-refractivity contribution >= 4 is 6.03 Å². The Kier molecular flexibility index (Phi) is 7.49. The molecule has 0 bridgehead atoms. The van der Waals surface area contributed by atoms with E-state index < -0.39 is 0 Å². The minimum absolute atomic E-state index is 0.0100. The molecule has 18 heavy (non-hydrogen) atoms. The van der Waals surface area contributed by atoms with Crippen molar-refractivity contribution in [2.24, 2.45) is 5.92 Å². The number of rotatable bonds is 7. The van der Waals surface area contributed by atoms with Gasteiger partial charge in [-0.05, 0) is 12.3 Å². The fourth-order valence-corrected chi connectivity index (χ4v) is 2.52. The maximum Gasteiger partial charge on any atom is 0.317 e. The molecule has 0 atom stereocenters. The van der Waals surface area contributed by atoms with Gasteiger partial charge in [-0.3, -0.25) is 0 Å². The Morgan fingerprint density at radius 1 is 1.39 bits per heavy atom. The van der Waals surface area contributed by atoms with Crippen molar-refractivity contribution in [3.63, 3.8) is 0 Å². The summed E-state index contributed by atoms with van der Waals surface area (Å²) in [5, 5.41) is 11.8. The predicted molar refractivity (Wildman–Crippen MR) is 73.4 cm³/mol. The van der Waals surface area contributed by atoms with Crippen molar-refractivity contribution in [1.29, 1.82) is 0 Å². The first-order valence-electron chi connectivity index (χ1n) is 7.02. The molecule has 104 valence electrons. The first-order chi connectivity index (χ1) is 8.77. The number of carbonyl (C=O) groups excluding carboxylic acids is 1. The van der Waals surface area contributed by atoms with Gasteiger partial charge in [0.05, 0.1) is 6.61 Å². The zero-order valence-electron chi connectivity index (χ0n) is 11.2. The molecule has 2 N–H and O–H groups in total. The van der Waals surface area contributed by atoms with Gasteiger partial charge in [-0.1, -0.05) is 38.2 Å². The molecule has 1 aliphatic rings. The lowest BCUT2D eigenvalue weighted by Crippen LogP contribution is -2.42. The van der Waals surface area contributed by atoms with Crippen molar-refractivity contribution in [3.05, 3.63) is 12.7 Å². The second-order valence-corrected chi connectivity index (χ2v) is 4.98. The highest BCUT2D eigenvalue weighted by molar-refractivity contribution is 5.74. The van der Waals surface area contributed by atoms with Gasteiger partial charge in [0, 0.05) is 19.6 Å². The van der Waals surface area contributed by atoms with Crippen LogP contribution in [0.2, 0.25) is 0 Å². The van der Waals surface area contributed by atoms with Crippen LogP contribution in [-0.4, -0.2) is 42.3 Å². The average molecular weight is 254 g/mol. The van der Waals surface area contributed by atoms with E-state index in [0.717, 1.165) is 18.9 Å². The van der Waals surface area contributed by atoms with E-state index in [1.807, 2.05) is 0 Å². The summed E-state index contributed by atoms with van der Waals surface area (Å²) >= 11 is 0. The summed E-state index contributed by atoms with van der Waals surface area (Å²) in [6, 6.07) is -0.0974. The first kappa shape index (κ1) is 15.0. The van der Waals surface area contributed by atoms with E-state index in [-0.39, 0.29) is 12.6 Å². The van der Waals surface area contributed by atoms with Crippen LogP contribution in [0.25, 0.3) is 0 Å². The zero-order chi connectivity index (χ0) is 13.2. The van der Waals surface area contributed by atoms with E-state index in [9.17, 15) is 4.79 Å². The number of hydrogen-bond donors (Lipinski definition) is 2. The van der Waals surface area contributed by atoms with E-state index in [1.165, 1.54) is 32.1 Å². The molecule has 1 saturated carbocycles. The number of nitrogens with one attached hydrogen (secondary N) is 1. The van der Waals surface area contributed by atoms with Gasteiger partial charge in [0.15, 0.2) is 0 Å². The molecule has 0 spiro atoms. The number of amides is 2. The highest BCUT2D eigenvalue weighted by Crippen LogP contribution is 2.25. The lowest BCUT2D eigenvalue weighted by molar-refractivity contribution is 0.182. The smallest absolute Gasteiger partial charge is 0.317 e. The topological polar surface area (TPSA) is 52.6 Å². The third kappa shape index (κ3) is 5.54. The minimum atomic E-state index is -0.0974. The Hall–Kier alpha value is -1.03. The normalized spacial score (nSPS) is 16.3. The van der Waals surface area contributed by atoms with E-state index >= 15 is 0 Å². The van der Waals surface area contributed by atoms with Crippen LogP contribution in [0.15, 0.2) is 12.7 Å². The second-order valence-electron chi connectivity index (χ2n) is 4.98. The molecule has 1 aliphatic carbocycles. The maximum absolute atomic E-state index is 11.8. The Morgan fingerprint density at radius 2 is 2.11 bits per heavy atom. The summed E-state index contributed by atoms with van der Waals surface area (Å²) in [5.74, 6) is 0.782. The predicted octanol–water partition coefficient (Wildman–Crippen LogP) is 2.15. The molecule has 1 rings (SSSR count). The van der Waals surface area contributed by atoms with E-state index in [1.54, 1.807) is 11.0 Å². The number of aliphatic hydroxyl groups is 1. The number of nitrogens with zero attached hydrogens (tertiary/aromatic N) is 1. The van der Waals surface area contributed by atoms with Crippen LogP contribution in [0.1, 0.15) is 38.5 Å². The third-order valence-electron chi connectivity index (χ3n) is 3.56. The molecular weight excluding hydrogens is 228 g/mol. The monoisotopic (exact) mass is 254 g/mol. The molecule has 4 nitrogen and oxygen atoms in total. The van der Waals surface area contributed by atoms with Crippen LogP contribution < -0.4 is 5.32 Å². The Bertz CT molecular complexity index is 250. The van der Waals surface area contributed by atoms with Gasteiger partial charge in [0.2, 0.25) is 0 Å². The fourth-order valence-electron chi connectivity index (χ4n) is 2.52. The van der Waals surface area contributed by atoms with Crippen molar-refractivity contribution in [2.45, 2.75) is 38.5 Å². The number of aliphatic hydroxyl groups excluding tert-OH is 1. The second kappa shape index (κ2) is 8.97. The highest BCUT2D eigenvalue weighted by Gasteiger charge is 2.15. The molecule has 0 aliphatic heterocycles. The molecule has 0 unspecified atom stereocenters. The standard InChI is InChI=1S/C14H26N2O2/c1-2-10-16(11-12-17)14(18)15-9-8-13-6-4-3-5-7-13/h2,13,17H,1,3-12H2,(H,15,18). The summed E-state index contributed by atoms with van der Waals surface area (Å²) in [4.78, 5) is 13.4. The number of hydrogen-bond acceptors (Lipinski definition) is 2. The summed E-state index contributed by atoms with van der Waals surface area (Å²) in [7, 11) is 0. The van der Waals surface area contributed by atoms with Crippen LogP contribution in [0.3, 0.4) is 0 Å². The molecule has 2 amide bonds. The van der Waals surface area contributed by atoms with E-state index in [4.69, 9.17) is 5.11 Å². The summed E-state index contributed by atoms with van der Waals surface area (Å²) in [6.45, 7) is 5.19. The van der Waals surface area contributed by atoms with Crippen molar-refractivity contribution in [2.75, 3.05) is 26.2 Å². The average Bonchev–Trinajstić information content (AvgIpc) is 2.39. The Balaban J connectivity index is 2.19. The molecule has 0 heterocycles. The molecule has 0 aromatic heterocycles. The fraction of sp³-hybridized carbons (Fsp3) is 0.786. The molecule has 4 heteroatoms. The van der Waals surface area contributed by atoms with Gasteiger partial charge in [0.1, 0.15) is 0 Å². The Labute approximate surface area is 110 Å². The van der Waals surface area contributed by atoms with Crippen LogP contribution >= 0.6 is 0 Å². The van der Waals surface area contributed by atoms with Gasteiger partial charge >= 0.3 is 6.03 Å². The molecule has 0 saturated heterocycles. The van der Waals surface area contributed by atoms with Crippen molar-refractivity contribution in [3.8, 4) is 0 Å². The summed E-state index contributed by atoms with van der Waals surface area (Å²) in [6.07, 6.45) is 9.42. The third-order valence-corrected chi connectivity index (χ3v) is 3.56. The van der Waals surface area contributed by atoms with Crippen LogP contribution in [0, 0.1) is 5.92 Å². The quantitative estimate of drug-likeness (QED) is 0.684. The van der Waals surface area contributed by atoms with E-state index in [0.29, 0.717) is 13.1 Å². The summed E-state index contributed by atoms with van der Waals surface area (Å²) in [5.41, 5.74) is 0. The molecular formula is C14H26N2O2. The summed E-state index contributed by atoms with van der Waals surface area (Å²) < 4.78 is 0. The Morgan fingerprint density at radius 3 is 2.72 bits per heavy atom. The number of urea groups is 1. The largest absolute Gasteiger partial charge is 0.395 e. The van der Waals surface area contributed by atoms with Crippen molar-refractivity contribution < 1.29 is 9.90 Å². The first-order valence-corrected chi connectivity index (χ1v) is 7.02. The maximum atomic E-state index is 11.8. The molecule has 0 aromatic rings. The van der Waals surface area contributed by atoms with Gasteiger partial charge < -0.3 is 15.3 Å². The van der Waals surface area contributed by atoms with Gasteiger partial charge in [-0.15, -0.1) is 6.58 Å². The van der Waals surface area contributed by atoms with Crippen LogP contribution in [-0.2, 0) is 0 Å². The highest BCUT2D eigenvalue weighted by atomic mass is 16.3. The zero-order valence-corrected chi connectivity index (χ0v) is 11.2. The molecule has 0 radical (unpaired) electrons. The molecule has 1 fully saturated rings. The minimum Gasteiger partial charge on any atom is -0.395 e.